The van der Waals surface area contributed by atoms with Gasteiger partial charge in [0.15, 0.2) is 0 Å². The van der Waals surface area contributed by atoms with Crippen molar-refractivity contribution in [3.05, 3.63) is 21.4 Å². The molecule has 1 aliphatic carbocycles. The minimum Gasteiger partial charge on any atom is -0.389 e. The fraction of sp³-hybridized carbons (Fsp3) is 0.667. The van der Waals surface area contributed by atoms with E-state index in [0.717, 1.165) is 17.7 Å². The number of nitrogens with one attached hydrogen (secondary N) is 1. The van der Waals surface area contributed by atoms with Crippen LogP contribution in [0.3, 0.4) is 0 Å². The number of hydrogen-bond donors (Lipinski definition) is 2. The van der Waals surface area contributed by atoms with Gasteiger partial charge in [0.1, 0.15) is 0 Å². The van der Waals surface area contributed by atoms with E-state index in [-0.39, 0.29) is 19.1 Å². The van der Waals surface area contributed by atoms with Crippen LogP contribution >= 0.6 is 11.3 Å². The van der Waals surface area contributed by atoms with Crippen molar-refractivity contribution in [1.29, 1.82) is 0 Å². The van der Waals surface area contributed by atoms with Crippen LogP contribution in [0.2, 0.25) is 0 Å². The molecule has 1 aromatic heterocycles. The molecule has 20 heavy (non-hydrogen) atoms. The summed E-state index contributed by atoms with van der Waals surface area (Å²) >= 11 is 1.61. The molecular formula is C15H23NO3S. The first-order valence-corrected chi connectivity index (χ1v) is 8.09. The molecule has 2 rings (SSSR count). The largest absolute Gasteiger partial charge is 0.389 e. The van der Waals surface area contributed by atoms with Gasteiger partial charge in [0.05, 0.1) is 17.6 Å². The molecule has 0 fully saturated rings. The van der Waals surface area contributed by atoms with Crippen molar-refractivity contribution in [2.24, 2.45) is 0 Å². The van der Waals surface area contributed by atoms with Crippen molar-refractivity contribution in [2.75, 3.05) is 20.3 Å². The molecule has 1 atom stereocenters. The smallest absolute Gasteiger partial charge is 0.261 e. The maximum atomic E-state index is 12.1. The molecule has 4 nitrogen and oxygen atoms in total. The normalized spacial score (nSPS) is 16.9. The highest BCUT2D eigenvalue weighted by Crippen LogP contribution is 2.28. The Labute approximate surface area is 124 Å². The second kappa shape index (κ2) is 7.76. The fourth-order valence-corrected chi connectivity index (χ4v) is 3.68. The first kappa shape index (κ1) is 15.5. The predicted molar refractivity (Wildman–Crippen MR) is 80.4 cm³/mol. The molecule has 2 N–H and O–H groups in total. The van der Waals surface area contributed by atoms with E-state index in [1.165, 1.54) is 43.2 Å². The zero-order valence-corrected chi connectivity index (χ0v) is 12.8. The van der Waals surface area contributed by atoms with Crippen LogP contribution in [0.25, 0.3) is 0 Å². The second-order valence-electron chi connectivity index (χ2n) is 5.29. The zero-order valence-electron chi connectivity index (χ0n) is 12.0. The van der Waals surface area contributed by atoms with E-state index in [1.807, 2.05) is 6.07 Å². The lowest BCUT2D eigenvalue weighted by molar-refractivity contribution is 0.0611. The molecule has 1 aromatic rings. The summed E-state index contributed by atoms with van der Waals surface area (Å²) < 4.78 is 4.84. The van der Waals surface area contributed by atoms with E-state index in [9.17, 15) is 9.90 Å². The molecule has 0 aliphatic heterocycles. The van der Waals surface area contributed by atoms with Crippen molar-refractivity contribution < 1.29 is 14.6 Å². The van der Waals surface area contributed by atoms with Crippen LogP contribution in [0, 0.1) is 0 Å². The Morgan fingerprint density at radius 1 is 1.40 bits per heavy atom. The number of hydrogen-bond acceptors (Lipinski definition) is 4. The van der Waals surface area contributed by atoms with Gasteiger partial charge >= 0.3 is 0 Å². The lowest BCUT2D eigenvalue weighted by Gasteiger charge is -2.09. The van der Waals surface area contributed by atoms with Crippen LogP contribution in [-0.2, 0) is 17.6 Å². The van der Waals surface area contributed by atoms with Gasteiger partial charge in [-0.05, 0) is 37.3 Å². The van der Waals surface area contributed by atoms with E-state index in [1.54, 1.807) is 11.3 Å². The number of carbonyl (C=O) groups excluding carboxylic acids is 1. The minimum absolute atomic E-state index is 0.0862. The van der Waals surface area contributed by atoms with Crippen LogP contribution in [0.1, 0.15) is 45.8 Å². The quantitative estimate of drug-likeness (QED) is 0.875. The Bertz CT molecular complexity index is 419. The van der Waals surface area contributed by atoms with E-state index < -0.39 is 6.10 Å². The second-order valence-corrected chi connectivity index (χ2v) is 6.43. The van der Waals surface area contributed by atoms with Gasteiger partial charge in [-0.15, -0.1) is 11.3 Å². The standard InChI is InChI=1S/C15H23NO3S/c1-19-10-12(17)9-16-15(18)14-8-11-6-4-2-3-5-7-13(11)20-14/h8,12,17H,2-7,9-10H2,1H3,(H,16,18). The Morgan fingerprint density at radius 3 is 2.90 bits per heavy atom. The van der Waals surface area contributed by atoms with Crippen LogP contribution in [0.5, 0.6) is 0 Å². The molecule has 112 valence electrons. The molecule has 1 aliphatic rings. The number of ether oxygens (including phenoxy) is 1. The maximum absolute atomic E-state index is 12.1. The van der Waals surface area contributed by atoms with Gasteiger partial charge in [-0.1, -0.05) is 12.8 Å². The van der Waals surface area contributed by atoms with Crippen molar-refractivity contribution in [3.8, 4) is 0 Å². The molecular weight excluding hydrogens is 274 g/mol. The van der Waals surface area contributed by atoms with Gasteiger partial charge in [-0.2, -0.15) is 0 Å². The van der Waals surface area contributed by atoms with Crippen LogP contribution in [0.15, 0.2) is 6.07 Å². The predicted octanol–water partition coefficient (Wildman–Crippen LogP) is 2.14. The van der Waals surface area contributed by atoms with Crippen LogP contribution < -0.4 is 5.32 Å². The summed E-state index contributed by atoms with van der Waals surface area (Å²) in [4.78, 5) is 14.2. The molecule has 0 saturated carbocycles. The average Bonchev–Trinajstić information content (AvgIpc) is 2.79. The van der Waals surface area contributed by atoms with Gasteiger partial charge in [-0.25, -0.2) is 0 Å². The van der Waals surface area contributed by atoms with E-state index in [0.29, 0.717) is 0 Å². The lowest BCUT2D eigenvalue weighted by Crippen LogP contribution is -2.33. The third-order valence-corrected chi connectivity index (χ3v) is 4.81. The molecule has 0 bridgehead atoms. The number of fused-ring (bicyclic) bond motifs is 1. The third kappa shape index (κ3) is 4.30. The molecule has 1 amide bonds. The minimum atomic E-state index is -0.648. The van der Waals surface area contributed by atoms with Gasteiger partial charge in [-0.3, -0.25) is 4.79 Å². The van der Waals surface area contributed by atoms with Gasteiger partial charge < -0.3 is 15.2 Å². The first-order valence-electron chi connectivity index (χ1n) is 7.27. The summed E-state index contributed by atoms with van der Waals surface area (Å²) in [7, 11) is 1.53. The number of carbonyl (C=O) groups is 1. The monoisotopic (exact) mass is 297 g/mol. The highest BCUT2D eigenvalue weighted by atomic mass is 32.1. The van der Waals surface area contributed by atoms with Crippen molar-refractivity contribution >= 4 is 17.2 Å². The molecule has 0 aromatic carbocycles. The number of aryl methyl sites for hydroxylation is 2. The Kier molecular flexibility index (Phi) is 6.01. The molecule has 0 saturated heterocycles. The zero-order chi connectivity index (χ0) is 14.4. The SMILES string of the molecule is COCC(O)CNC(=O)c1cc2c(s1)CCCCCC2. The Balaban J connectivity index is 1.94. The van der Waals surface area contributed by atoms with Gasteiger partial charge in [0.2, 0.25) is 0 Å². The van der Waals surface area contributed by atoms with Crippen molar-refractivity contribution in [1.82, 2.24) is 5.32 Å². The summed E-state index contributed by atoms with van der Waals surface area (Å²) in [5.41, 5.74) is 1.34. The first-order chi connectivity index (χ1) is 9.70. The fourth-order valence-electron chi connectivity index (χ4n) is 2.51. The third-order valence-electron chi connectivity index (χ3n) is 3.58. The van der Waals surface area contributed by atoms with Crippen molar-refractivity contribution in [3.63, 3.8) is 0 Å². The van der Waals surface area contributed by atoms with E-state index in [4.69, 9.17) is 4.74 Å². The number of aliphatic hydroxyl groups excluding tert-OH is 1. The number of methoxy groups -OCH3 is 1. The summed E-state index contributed by atoms with van der Waals surface area (Å²) in [5, 5.41) is 12.3. The number of thiophene rings is 1. The van der Waals surface area contributed by atoms with E-state index >= 15 is 0 Å². The Morgan fingerprint density at radius 2 is 2.15 bits per heavy atom. The van der Waals surface area contributed by atoms with Crippen LogP contribution in [0.4, 0.5) is 0 Å². The van der Waals surface area contributed by atoms with E-state index in [2.05, 4.69) is 5.32 Å². The average molecular weight is 297 g/mol. The van der Waals surface area contributed by atoms with Crippen molar-refractivity contribution in [2.45, 2.75) is 44.6 Å². The molecule has 1 unspecified atom stereocenters. The molecule has 5 heteroatoms. The number of amides is 1. The molecule has 1 heterocycles. The summed E-state index contributed by atoms with van der Waals surface area (Å²) in [6.45, 7) is 0.469. The summed E-state index contributed by atoms with van der Waals surface area (Å²) in [5.74, 6) is -0.0862. The topological polar surface area (TPSA) is 58.6 Å². The summed E-state index contributed by atoms with van der Waals surface area (Å²) in [6.07, 6.45) is 6.57. The lowest BCUT2D eigenvalue weighted by atomic mass is 10.00. The maximum Gasteiger partial charge on any atom is 0.261 e. The number of aliphatic hydroxyl groups is 1. The van der Waals surface area contributed by atoms with Crippen LogP contribution in [-0.4, -0.2) is 37.4 Å². The van der Waals surface area contributed by atoms with Gasteiger partial charge in [0, 0.05) is 18.5 Å². The number of rotatable bonds is 5. The van der Waals surface area contributed by atoms with Gasteiger partial charge in [0.25, 0.3) is 5.91 Å². The molecule has 0 radical (unpaired) electrons. The molecule has 0 spiro atoms. The highest BCUT2D eigenvalue weighted by Gasteiger charge is 2.16. The summed E-state index contributed by atoms with van der Waals surface area (Å²) in [6, 6.07) is 2.03. The highest BCUT2D eigenvalue weighted by molar-refractivity contribution is 7.14. The Hall–Kier alpha value is -0.910.